The zero-order valence-electron chi connectivity index (χ0n) is 20.7. The Bertz CT molecular complexity index is 1160. The third kappa shape index (κ3) is 6.27. The largest absolute Gasteiger partial charge is 0.484 e. The summed E-state index contributed by atoms with van der Waals surface area (Å²) in [5.74, 6) is 0.891. The maximum Gasteiger partial charge on any atom is 0.258 e. The number of nitrogens with one attached hydrogen (secondary N) is 1. The lowest BCUT2D eigenvalue weighted by molar-refractivity contribution is -0.134. The fraction of sp³-hybridized carbons (Fsp3) is 0.345. The van der Waals surface area contributed by atoms with Crippen molar-refractivity contribution in [3.63, 3.8) is 0 Å². The van der Waals surface area contributed by atoms with Crippen LogP contribution in [0.25, 0.3) is 0 Å². The first-order valence-electron chi connectivity index (χ1n) is 12.2. The van der Waals surface area contributed by atoms with Crippen LogP contribution in [0.3, 0.4) is 0 Å². The van der Waals surface area contributed by atoms with Crippen molar-refractivity contribution in [3.05, 3.63) is 94.8 Å². The summed E-state index contributed by atoms with van der Waals surface area (Å²) >= 11 is 0. The summed E-state index contributed by atoms with van der Waals surface area (Å²) in [7, 11) is 0. The molecular weight excluding hydrogens is 438 g/mol. The van der Waals surface area contributed by atoms with Crippen LogP contribution in [-0.4, -0.2) is 34.8 Å². The van der Waals surface area contributed by atoms with Crippen LogP contribution in [0, 0.1) is 12.8 Å². The highest BCUT2D eigenvalue weighted by Gasteiger charge is 2.32. The molecule has 3 aromatic rings. The van der Waals surface area contributed by atoms with Crippen LogP contribution in [0.5, 0.6) is 5.75 Å². The van der Waals surface area contributed by atoms with E-state index in [4.69, 9.17) is 4.74 Å². The van der Waals surface area contributed by atoms with Gasteiger partial charge in [0.25, 0.3) is 5.91 Å². The van der Waals surface area contributed by atoms with Crippen LogP contribution in [-0.2, 0) is 22.6 Å². The first-order valence-corrected chi connectivity index (χ1v) is 12.2. The minimum atomic E-state index is -0.191. The van der Waals surface area contributed by atoms with Gasteiger partial charge in [-0.25, -0.2) is 0 Å². The number of amides is 2. The molecule has 1 aliphatic heterocycles. The maximum atomic E-state index is 13.2. The molecule has 0 fully saturated rings. The number of carbonyl (C=O) groups excluding carboxylic acids is 2. The first kappa shape index (κ1) is 24.5. The van der Waals surface area contributed by atoms with E-state index in [0.29, 0.717) is 31.2 Å². The number of fused-ring (bicyclic) bond motifs is 1. The zero-order valence-corrected chi connectivity index (χ0v) is 20.7. The molecule has 2 amide bonds. The molecule has 6 nitrogen and oxygen atoms in total. The highest BCUT2D eigenvalue weighted by molar-refractivity contribution is 5.78. The van der Waals surface area contributed by atoms with Crippen molar-refractivity contribution in [2.24, 2.45) is 5.92 Å². The Labute approximate surface area is 207 Å². The van der Waals surface area contributed by atoms with Gasteiger partial charge >= 0.3 is 0 Å². The molecule has 4 rings (SSSR count). The van der Waals surface area contributed by atoms with Gasteiger partial charge in [-0.05, 0) is 65.8 Å². The predicted octanol–water partition coefficient (Wildman–Crippen LogP) is 4.61. The summed E-state index contributed by atoms with van der Waals surface area (Å²) in [4.78, 5) is 31.5. The molecule has 35 heavy (non-hydrogen) atoms. The number of aryl methyl sites for hydroxylation is 1. The standard InChI is InChI=1S/C29H33N3O3/c1-20(2)16-28(34)32-15-12-23-8-9-25(17-26(23)29(32)24-6-4-21(3)5-7-24)35-19-27(33)31-18-22-10-13-30-14-11-22/h4-11,13-14,17,20,29H,12,15-16,18-19H2,1-3H3,(H,31,33). The summed E-state index contributed by atoms with van der Waals surface area (Å²) in [6.45, 7) is 7.25. The third-order valence-electron chi connectivity index (χ3n) is 6.25. The van der Waals surface area contributed by atoms with Gasteiger partial charge in [-0.3, -0.25) is 14.6 Å². The molecule has 2 aromatic carbocycles. The number of benzene rings is 2. The quantitative estimate of drug-likeness (QED) is 0.521. The summed E-state index contributed by atoms with van der Waals surface area (Å²) < 4.78 is 5.86. The van der Waals surface area contributed by atoms with Crippen LogP contribution in [0.4, 0.5) is 0 Å². The number of aromatic nitrogens is 1. The number of ether oxygens (including phenoxy) is 1. The van der Waals surface area contributed by atoms with Crippen molar-refractivity contribution < 1.29 is 14.3 Å². The molecule has 1 unspecified atom stereocenters. The Hall–Kier alpha value is -3.67. The van der Waals surface area contributed by atoms with E-state index in [1.807, 2.05) is 29.2 Å². The van der Waals surface area contributed by atoms with Crippen molar-refractivity contribution in [3.8, 4) is 5.75 Å². The van der Waals surface area contributed by atoms with Crippen LogP contribution < -0.4 is 10.1 Å². The van der Waals surface area contributed by atoms with Gasteiger partial charge in [0.15, 0.2) is 6.61 Å². The molecule has 0 radical (unpaired) electrons. The fourth-order valence-corrected chi connectivity index (χ4v) is 4.43. The second kappa shape index (κ2) is 11.2. The molecule has 6 heteroatoms. The van der Waals surface area contributed by atoms with E-state index >= 15 is 0 Å². The Morgan fingerprint density at radius 1 is 1.09 bits per heavy atom. The molecule has 0 spiro atoms. The second-order valence-electron chi connectivity index (χ2n) is 9.53. The van der Waals surface area contributed by atoms with Crippen LogP contribution >= 0.6 is 0 Å². The van der Waals surface area contributed by atoms with E-state index in [2.05, 4.69) is 61.4 Å². The van der Waals surface area contributed by atoms with Gasteiger partial charge in [0.05, 0.1) is 6.04 Å². The summed E-state index contributed by atoms with van der Waals surface area (Å²) in [5, 5.41) is 2.87. The van der Waals surface area contributed by atoms with Gasteiger partial charge in [0.2, 0.25) is 5.91 Å². The van der Waals surface area contributed by atoms with E-state index < -0.39 is 0 Å². The molecule has 1 aliphatic rings. The first-order chi connectivity index (χ1) is 16.9. The van der Waals surface area contributed by atoms with Gasteiger partial charge in [0.1, 0.15) is 5.75 Å². The molecule has 1 aromatic heterocycles. The van der Waals surface area contributed by atoms with Gasteiger partial charge in [-0.15, -0.1) is 0 Å². The fourth-order valence-electron chi connectivity index (χ4n) is 4.43. The SMILES string of the molecule is Cc1ccc(C2c3cc(OCC(=O)NCc4ccncc4)ccc3CCN2C(=O)CC(C)C)cc1. The Balaban J connectivity index is 1.52. The summed E-state index contributed by atoms with van der Waals surface area (Å²) in [5.41, 5.74) is 5.51. The van der Waals surface area contributed by atoms with Crippen molar-refractivity contribution in [2.75, 3.05) is 13.2 Å². The van der Waals surface area contributed by atoms with Crippen LogP contribution in [0.15, 0.2) is 67.0 Å². The van der Waals surface area contributed by atoms with Crippen molar-refractivity contribution >= 4 is 11.8 Å². The summed E-state index contributed by atoms with van der Waals surface area (Å²) in [6.07, 6.45) is 4.72. The van der Waals surface area contributed by atoms with Crippen molar-refractivity contribution in [1.82, 2.24) is 15.2 Å². The van der Waals surface area contributed by atoms with Gasteiger partial charge < -0.3 is 15.0 Å². The maximum absolute atomic E-state index is 13.2. The molecule has 0 aliphatic carbocycles. The lowest BCUT2D eigenvalue weighted by Crippen LogP contribution is -2.41. The normalized spacial score (nSPS) is 15.0. The minimum Gasteiger partial charge on any atom is -0.484 e. The molecule has 0 saturated carbocycles. The number of rotatable bonds is 8. The number of carbonyl (C=O) groups is 2. The monoisotopic (exact) mass is 471 g/mol. The van der Waals surface area contributed by atoms with E-state index in [0.717, 1.165) is 23.1 Å². The van der Waals surface area contributed by atoms with E-state index in [1.165, 1.54) is 11.1 Å². The van der Waals surface area contributed by atoms with E-state index in [9.17, 15) is 9.59 Å². The molecule has 2 heterocycles. The highest BCUT2D eigenvalue weighted by Crippen LogP contribution is 2.38. The minimum absolute atomic E-state index is 0.0743. The molecule has 0 saturated heterocycles. The predicted molar refractivity (Wildman–Crippen MR) is 136 cm³/mol. The molecule has 0 bridgehead atoms. The average molecular weight is 472 g/mol. The van der Waals surface area contributed by atoms with Gasteiger partial charge in [0, 0.05) is 31.9 Å². The Kier molecular flexibility index (Phi) is 7.80. The highest BCUT2D eigenvalue weighted by atomic mass is 16.5. The number of hydrogen-bond acceptors (Lipinski definition) is 4. The van der Waals surface area contributed by atoms with Crippen molar-refractivity contribution in [1.29, 1.82) is 0 Å². The molecule has 1 atom stereocenters. The Morgan fingerprint density at radius 2 is 1.83 bits per heavy atom. The summed E-state index contributed by atoms with van der Waals surface area (Å²) in [6, 6.07) is 17.9. The molecule has 1 N–H and O–H groups in total. The third-order valence-corrected chi connectivity index (χ3v) is 6.25. The smallest absolute Gasteiger partial charge is 0.258 e. The van der Waals surface area contributed by atoms with Crippen LogP contribution in [0.2, 0.25) is 0 Å². The van der Waals surface area contributed by atoms with E-state index in [-0.39, 0.29) is 24.5 Å². The number of hydrogen-bond donors (Lipinski definition) is 1. The van der Waals surface area contributed by atoms with Crippen molar-refractivity contribution in [2.45, 2.75) is 46.2 Å². The lowest BCUT2D eigenvalue weighted by Gasteiger charge is -2.38. The van der Waals surface area contributed by atoms with Gasteiger partial charge in [-0.1, -0.05) is 49.7 Å². The molecular formula is C29H33N3O3. The Morgan fingerprint density at radius 3 is 2.54 bits per heavy atom. The average Bonchev–Trinajstić information content (AvgIpc) is 2.86. The van der Waals surface area contributed by atoms with Gasteiger partial charge in [-0.2, -0.15) is 0 Å². The zero-order chi connectivity index (χ0) is 24.8. The topological polar surface area (TPSA) is 71.5 Å². The van der Waals surface area contributed by atoms with E-state index in [1.54, 1.807) is 12.4 Å². The number of nitrogens with zero attached hydrogens (tertiary/aromatic N) is 2. The number of pyridine rings is 1. The lowest BCUT2D eigenvalue weighted by atomic mass is 9.87. The second-order valence-corrected chi connectivity index (χ2v) is 9.53. The van der Waals surface area contributed by atoms with Crippen LogP contribution in [0.1, 0.15) is 54.1 Å². The molecule has 182 valence electrons.